The maximum absolute atomic E-state index is 12.2. The first-order valence-corrected chi connectivity index (χ1v) is 9.07. The molecule has 0 rings (SSSR count). The van der Waals surface area contributed by atoms with E-state index in [9.17, 15) is 14.4 Å². The highest BCUT2D eigenvalue weighted by Gasteiger charge is 2.35. The van der Waals surface area contributed by atoms with Crippen molar-refractivity contribution in [2.75, 3.05) is 26.4 Å². The topological polar surface area (TPSA) is 99.1 Å². The fourth-order valence-electron chi connectivity index (χ4n) is 1.99. The molecule has 0 amide bonds. The molecule has 7 heteroatoms. The molecular weight excluding hydrogens is 328 g/mol. The van der Waals surface area contributed by atoms with E-state index >= 15 is 0 Å². The predicted octanol–water partition coefficient (Wildman–Crippen LogP) is 2.24. The van der Waals surface area contributed by atoms with E-state index in [2.05, 4.69) is 0 Å². The molecule has 0 aromatic heterocycles. The number of rotatable bonds is 14. The van der Waals surface area contributed by atoms with Crippen LogP contribution in [-0.2, 0) is 28.6 Å². The third-order valence-electron chi connectivity index (χ3n) is 3.71. The molecule has 2 unspecified atom stereocenters. The number of aliphatic hydroxyl groups excluding tert-OH is 1. The van der Waals surface area contributed by atoms with Crippen molar-refractivity contribution < 1.29 is 33.7 Å². The van der Waals surface area contributed by atoms with Crippen molar-refractivity contribution in [1.82, 2.24) is 0 Å². The van der Waals surface area contributed by atoms with Gasteiger partial charge < -0.3 is 19.3 Å². The molecule has 2 atom stereocenters. The summed E-state index contributed by atoms with van der Waals surface area (Å²) in [6, 6.07) is 0. The number of ether oxygens (including phenoxy) is 3. The Morgan fingerprint density at radius 2 is 1.36 bits per heavy atom. The van der Waals surface area contributed by atoms with Gasteiger partial charge in [-0.15, -0.1) is 0 Å². The number of hydrogen-bond acceptors (Lipinski definition) is 7. The highest BCUT2D eigenvalue weighted by molar-refractivity contribution is 5.85. The van der Waals surface area contributed by atoms with Crippen LogP contribution in [0.5, 0.6) is 0 Å². The molecule has 146 valence electrons. The second kappa shape index (κ2) is 14.7. The van der Waals surface area contributed by atoms with Crippen molar-refractivity contribution in [3.05, 3.63) is 0 Å². The van der Waals surface area contributed by atoms with Crippen LogP contribution in [0.1, 0.15) is 59.3 Å². The van der Waals surface area contributed by atoms with Crippen molar-refractivity contribution in [3.63, 3.8) is 0 Å². The van der Waals surface area contributed by atoms with Crippen LogP contribution in [0, 0.1) is 11.8 Å². The zero-order valence-electron chi connectivity index (χ0n) is 15.6. The maximum Gasteiger partial charge on any atom is 0.310 e. The first-order valence-electron chi connectivity index (χ1n) is 9.07. The fourth-order valence-corrected chi connectivity index (χ4v) is 1.99. The Kier molecular flexibility index (Phi) is 13.7. The number of carbonyl (C=O) groups excluding carboxylic acids is 3. The average Bonchev–Trinajstić information content (AvgIpc) is 2.59. The molecule has 0 aliphatic rings. The highest BCUT2D eigenvalue weighted by Crippen LogP contribution is 2.21. The molecule has 0 aliphatic carbocycles. The van der Waals surface area contributed by atoms with Gasteiger partial charge in [-0.25, -0.2) is 0 Å². The predicted molar refractivity (Wildman–Crippen MR) is 91.7 cm³/mol. The maximum atomic E-state index is 12.2. The molecular formula is C18H32O7. The Hall–Kier alpha value is -1.63. The zero-order valence-corrected chi connectivity index (χ0v) is 15.6. The Morgan fingerprint density at radius 3 is 1.92 bits per heavy atom. The summed E-state index contributed by atoms with van der Waals surface area (Å²) < 4.78 is 15.3. The fraction of sp³-hybridized carbons (Fsp3) is 0.833. The van der Waals surface area contributed by atoms with Gasteiger partial charge in [0.15, 0.2) is 0 Å². The monoisotopic (exact) mass is 360 g/mol. The van der Waals surface area contributed by atoms with Gasteiger partial charge in [0.2, 0.25) is 0 Å². The molecule has 0 saturated carbocycles. The Balaban J connectivity index is 4.76. The molecule has 1 N–H and O–H groups in total. The molecule has 0 aromatic carbocycles. The van der Waals surface area contributed by atoms with Gasteiger partial charge in [-0.2, -0.15) is 0 Å². The molecule has 0 saturated heterocycles. The standard InChI is InChI=1S/C18H32O7/c1-4-6-10-23-16(20)13-15(18(22)25-12-8-9-19)14(3)17(21)24-11-7-5-2/h14-15,19H,4-13H2,1-3H3. The summed E-state index contributed by atoms with van der Waals surface area (Å²) in [5, 5.41) is 8.76. The summed E-state index contributed by atoms with van der Waals surface area (Å²) in [4.78, 5) is 36.3. The molecule has 0 heterocycles. The van der Waals surface area contributed by atoms with Crippen LogP contribution in [0.2, 0.25) is 0 Å². The summed E-state index contributed by atoms with van der Waals surface area (Å²) in [6.45, 7) is 6.00. The lowest BCUT2D eigenvalue weighted by Gasteiger charge is -2.21. The summed E-state index contributed by atoms with van der Waals surface area (Å²) in [5.41, 5.74) is 0. The normalized spacial score (nSPS) is 13.0. The number of carbonyl (C=O) groups is 3. The first kappa shape index (κ1) is 23.4. The summed E-state index contributed by atoms with van der Waals surface area (Å²) in [7, 11) is 0. The lowest BCUT2D eigenvalue weighted by Crippen LogP contribution is -2.33. The van der Waals surface area contributed by atoms with Gasteiger partial charge in [0.25, 0.3) is 0 Å². The van der Waals surface area contributed by atoms with Crippen LogP contribution < -0.4 is 0 Å². The average molecular weight is 360 g/mol. The van der Waals surface area contributed by atoms with E-state index < -0.39 is 29.7 Å². The summed E-state index contributed by atoms with van der Waals surface area (Å²) >= 11 is 0. The minimum absolute atomic E-state index is 0.0360. The summed E-state index contributed by atoms with van der Waals surface area (Å²) in [5.74, 6) is -3.48. The third-order valence-corrected chi connectivity index (χ3v) is 3.71. The van der Waals surface area contributed by atoms with Crippen molar-refractivity contribution in [1.29, 1.82) is 0 Å². The van der Waals surface area contributed by atoms with Crippen molar-refractivity contribution in [2.24, 2.45) is 11.8 Å². The van der Waals surface area contributed by atoms with Crippen LogP contribution in [0.4, 0.5) is 0 Å². The van der Waals surface area contributed by atoms with Crippen LogP contribution in [0.3, 0.4) is 0 Å². The summed E-state index contributed by atoms with van der Waals surface area (Å²) in [6.07, 6.45) is 3.33. The smallest absolute Gasteiger partial charge is 0.310 e. The molecule has 7 nitrogen and oxygen atoms in total. The van der Waals surface area contributed by atoms with E-state index in [0.29, 0.717) is 6.42 Å². The van der Waals surface area contributed by atoms with Crippen LogP contribution >= 0.6 is 0 Å². The van der Waals surface area contributed by atoms with Gasteiger partial charge in [0.05, 0.1) is 38.1 Å². The Morgan fingerprint density at radius 1 is 0.840 bits per heavy atom. The number of unbranched alkanes of at least 4 members (excludes halogenated alkanes) is 2. The second-order valence-corrected chi connectivity index (χ2v) is 5.94. The molecule has 0 fully saturated rings. The van der Waals surface area contributed by atoms with E-state index in [4.69, 9.17) is 19.3 Å². The van der Waals surface area contributed by atoms with Gasteiger partial charge >= 0.3 is 17.9 Å². The lowest BCUT2D eigenvalue weighted by atomic mass is 9.91. The van der Waals surface area contributed by atoms with Gasteiger partial charge in [0.1, 0.15) is 0 Å². The highest BCUT2D eigenvalue weighted by atomic mass is 16.5. The number of esters is 3. The van der Waals surface area contributed by atoms with Crippen LogP contribution in [0.15, 0.2) is 0 Å². The van der Waals surface area contributed by atoms with E-state index in [0.717, 1.165) is 25.7 Å². The van der Waals surface area contributed by atoms with Crippen LogP contribution in [-0.4, -0.2) is 49.4 Å². The molecule has 0 bridgehead atoms. The lowest BCUT2D eigenvalue weighted by molar-refractivity contribution is -0.164. The molecule has 25 heavy (non-hydrogen) atoms. The first-order chi connectivity index (χ1) is 12.0. The van der Waals surface area contributed by atoms with Crippen LogP contribution in [0.25, 0.3) is 0 Å². The van der Waals surface area contributed by atoms with E-state index in [1.807, 2.05) is 13.8 Å². The van der Waals surface area contributed by atoms with Gasteiger partial charge in [0, 0.05) is 13.0 Å². The van der Waals surface area contributed by atoms with Crippen molar-refractivity contribution in [3.8, 4) is 0 Å². The second-order valence-electron chi connectivity index (χ2n) is 5.94. The van der Waals surface area contributed by atoms with Crippen molar-refractivity contribution >= 4 is 17.9 Å². The zero-order chi connectivity index (χ0) is 19.1. The molecule has 0 spiro atoms. The van der Waals surface area contributed by atoms with Gasteiger partial charge in [-0.1, -0.05) is 33.6 Å². The minimum atomic E-state index is -0.957. The largest absolute Gasteiger partial charge is 0.466 e. The molecule has 0 radical (unpaired) electrons. The SMILES string of the molecule is CCCCOC(=O)CC(C(=O)OCCCO)C(C)C(=O)OCCCC. The van der Waals surface area contributed by atoms with E-state index in [1.54, 1.807) is 6.92 Å². The Bertz CT molecular complexity index is 395. The van der Waals surface area contributed by atoms with Gasteiger partial charge in [-0.3, -0.25) is 14.4 Å². The van der Waals surface area contributed by atoms with Gasteiger partial charge in [-0.05, 0) is 12.8 Å². The van der Waals surface area contributed by atoms with Crippen molar-refractivity contribution in [2.45, 2.75) is 59.3 Å². The Labute approximate surface area is 150 Å². The number of aliphatic hydroxyl groups is 1. The molecule has 0 aliphatic heterocycles. The number of hydrogen-bond donors (Lipinski definition) is 1. The van der Waals surface area contributed by atoms with E-state index in [1.165, 1.54) is 0 Å². The van der Waals surface area contributed by atoms with E-state index in [-0.39, 0.29) is 32.8 Å². The quantitative estimate of drug-likeness (QED) is 0.288. The molecule has 0 aromatic rings. The minimum Gasteiger partial charge on any atom is -0.466 e. The third kappa shape index (κ3) is 10.8.